The Balaban J connectivity index is 1.91. The van der Waals surface area contributed by atoms with Crippen LogP contribution in [0.5, 0.6) is 0 Å². The van der Waals surface area contributed by atoms with Gasteiger partial charge in [0.25, 0.3) is 5.91 Å². The number of rotatable bonds is 5. The Morgan fingerprint density at radius 3 is 2.73 bits per heavy atom. The zero-order chi connectivity index (χ0) is 16.1. The molecule has 1 N–H and O–H groups in total. The van der Waals surface area contributed by atoms with Gasteiger partial charge in [0.1, 0.15) is 11.3 Å². The highest BCUT2D eigenvalue weighted by molar-refractivity contribution is 5.86. The van der Waals surface area contributed by atoms with Crippen molar-refractivity contribution in [3.05, 3.63) is 47.7 Å². The number of para-hydroxylation sites is 1. The minimum Gasteiger partial charge on any atom is -0.459 e. The Morgan fingerprint density at radius 1 is 1.32 bits per heavy atom. The molecule has 0 aliphatic carbocycles. The highest BCUT2D eigenvalue weighted by Gasteiger charge is 2.15. The molecule has 0 radical (unpaired) electrons. The maximum Gasteiger partial charge on any atom is 0.331 e. The van der Waals surface area contributed by atoms with Crippen LogP contribution in [0.4, 0.5) is 0 Å². The van der Waals surface area contributed by atoms with Crippen LogP contribution in [-0.2, 0) is 14.3 Å². The van der Waals surface area contributed by atoms with Crippen molar-refractivity contribution in [3.8, 4) is 0 Å². The Hall–Kier alpha value is -2.56. The van der Waals surface area contributed by atoms with E-state index >= 15 is 0 Å². The summed E-state index contributed by atoms with van der Waals surface area (Å²) in [6, 6.07) is 9.21. The summed E-state index contributed by atoms with van der Waals surface area (Å²) in [6.45, 7) is 5.07. The molecule has 0 saturated carbocycles. The van der Waals surface area contributed by atoms with E-state index in [-0.39, 0.29) is 18.6 Å². The highest BCUT2D eigenvalue weighted by Crippen LogP contribution is 2.23. The largest absolute Gasteiger partial charge is 0.459 e. The summed E-state index contributed by atoms with van der Waals surface area (Å²) in [4.78, 5) is 23.1. The molecule has 1 heterocycles. The Morgan fingerprint density at radius 2 is 2.05 bits per heavy atom. The number of carbonyl (C=O) groups is 2. The van der Waals surface area contributed by atoms with Gasteiger partial charge in [0.15, 0.2) is 6.61 Å². The molecular weight excluding hydrogens is 282 g/mol. The van der Waals surface area contributed by atoms with Crippen LogP contribution in [0.25, 0.3) is 11.0 Å². The van der Waals surface area contributed by atoms with E-state index in [1.807, 2.05) is 37.3 Å². The van der Waals surface area contributed by atoms with Crippen molar-refractivity contribution in [3.63, 3.8) is 0 Å². The molecule has 0 bridgehead atoms. The van der Waals surface area contributed by atoms with Crippen molar-refractivity contribution in [2.24, 2.45) is 0 Å². The fourth-order valence-electron chi connectivity index (χ4n) is 1.98. The molecule has 5 nitrogen and oxygen atoms in total. The number of hydrogen-bond donors (Lipinski definition) is 1. The van der Waals surface area contributed by atoms with Crippen molar-refractivity contribution >= 4 is 22.8 Å². The first-order chi connectivity index (χ1) is 10.5. The van der Waals surface area contributed by atoms with E-state index in [4.69, 9.17) is 9.15 Å². The second-order valence-corrected chi connectivity index (χ2v) is 5.31. The predicted octanol–water partition coefficient (Wildman–Crippen LogP) is 3.12. The van der Waals surface area contributed by atoms with Crippen LogP contribution in [0.3, 0.4) is 0 Å². The molecule has 0 aliphatic rings. The van der Waals surface area contributed by atoms with E-state index in [9.17, 15) is 9.59 Å². The Bertz CT molecular complexity index is 677. The van der Waals surface area contributed by atoms with Crippen LogP contribution >= 0.6 is 0 Å². The molecule has 1 amide bonds. The van der Waals surface area contributed by atoms with E-state index in [0.29, 0.717) is 5.76 Å². The maximum absolute atomic E-state index is 11.8. The molecule has 2 rings (SSSR count). The molecule has 5 heteroatoms. The van der Waals surface area contributed by atoms with Gasteiger partial charge in [0.2, 0.25) is 0 Å². The summed E-state index contributed by atoms with van der Waals surface area (Å²) < 4.78 is 10.5. The summed E-state index contributed by atoms with van der Waals surface area (Å²) in [6.07, 6.45) is 1.34. The fourth-order valence-corrected chi connectivity index (χ4v) is 1.98. The summed E-state index contributed by atoms with van der Waals surface area (Å²) in [5.74, 6) is -0.236. The van der Waals surface area contributed by atoms with E-state index in [1.54, 1.807) is 13.8 Å². The van der Waals surface area contributed by atoms with Crippen molar-refractivity contribution in [2.75, 3.05) is 6.61 Å². The van der Waals surface area contributed by atoms with Crippen LogP contribution in [0.15, 0.2) is 46.4 Å². The molecule has 1 aromatic carbocycles. The smallest absolute Gasteiger partial charge is 0.331 e. The van der Waals surface area contributed by atoms with Crippen molar-refractivity contribution in [1.82, 2.24) is 5.32 Å². The van der Waals surface area contributed by atoms with E-state index in [2.05, 4.69) is 5.32 Å². The number of fused-ring (bicyclic) bond motifs is 1. The van der Waals surface area contributed by atoms with Crippen LogP contribution in [0.1, 0.15) is 32.6 Å². The summed E-state index contributed by atoms with van der Waals surface area (Å²) in [5, 5.41) is 3.72. The van der Waals surface area contributed by atoms with Gasteiger partial charge < -0.3 is 14.5 Å². The van der Waals surface area contributed by atoms with Gasteiger partial charge in [-0.15, -0.1) is 0 Å². The van der Waals surface area contributed by atoms with Gasteiger partial charge in [-0.3, -0.25) is 4.79 Å². The topological polar surface area (TPSA) is 68.5 Å². The molecule has 22 heavy (non-hydrogen) atoms. The molecule has 0 aliphatic heterocycles. The SMILES string of the molecule is CC(C)=CC(=O)OCC(=O)N[C@H](C)c1cc2ccccc2o1. The molecule has 1 atom stereocenters. The lowest BCUT2D eigenvalue weighted by molar-refractivity contribution is -0.144. The van der Waals surface area contributed by atoms with Crippen LogP contribution in [0, 0.1) is 0 Å². The van der Waals surface area contributed by atoms with Crippen LogP contribution < -0.4 is 5.32 Å². The molecule has 0 spiro atoms. The molecule has 116 valence electrons. The molecule has 0 fully saturated rings. The minimum atomic E-state index is -0.522. The normalized spacial score (nSPS) is 11.8. The fraction of sp³-hybridized carbons (Fsp3) is 0.294. The first-order valence-corrected chi connectivity index (χ1v) is 7.05. The van der Waals surface area contributed by atoms with Crippen molar-refractivity contribution in [1.29, 1.82) is 0 Å². The van der Waals surface area contributed by atoms with Crippen LogP contribution in [0.2, 0.25) is 0 Å². The average Bonchev–Trinajstić information content (AvgIpc) is 2.88. The zero-order valence-corrected chi connectivity index (χ0v) is 12.9. The lowest BCUT2D eigenvalue weighted by Gasteiger charge is -2.11. The average molecular weight is 301 g/mol. The van der Waals surface area contributed by atoms with E-state index in [1.165, 1.54) is 6.08 Å². The van der Waals surface area contributed by atoms with Gasteiger partial charge in [-0.2, -0.15) is 0 Å². The predicted molar refractivity (Wildman–Crippen MR) is 83.2 cm³/mol. The van der Waals surface area contributed by atoms with Gasteiger partial charge >= 0.3 is 5.97 Å². The number of amides is 1. The van der Waals surface area contributed by atoms with E-state index in [0.717, 1.165) is 16.5 Å². The number of ether oxygens (including phenoxy) is 1. The second kappa shape index (κ2) is 6.93. The third-order valence-electron chi connectivity index (χ3n) is 3.00. The number of esters is 1. The summed E-state index contributed by atoms with van der Waals surface area (Å²) >= 11 is 0. The monoisotopic (exact) mass is 301 g/mol. The third kappa shape index (κ3) is 4.22. The number of hydrogen-bond acceptors (Lipinski definition) is 4. The van der Waals surface area contributed by atoms with E-state index < -0.39 is 5.97 Å². The van der Waals surface area contributed by atoms with Gasteiger partial charge in [0, 0.05) is 11.5 Å². The first-order valence-electron chi connectivity index (χ1n) is 7.05. The Labute approximate surface area is 128 Å². The number of nitrogens with one attached hydrogen (secondary N) is 1. The summed E-state index contributed by atoms with van der Waals surface area (Å²) in [7, 11) is 0. The quantitative estimate of drug-likeness (QED) is 0.680. The zero-order valence-electron chi connectivity index (χ0n) is 12.9. The maximum atomic E-state index is 11.8. The van der Waals surface area contributed by atoms with Crippen molar-refractivity contribution < 1.29 is 18.7 Å². The van der Waals surface area contributed by atoms with Crippen LogP contribution in [-0.4, -0.2) is 18.5 Å². The standard InChI is InChI=1S/C17H19NO4/c1-11(2)8-17(20)21-10-16(19)18-12(3)15-9-13-6-4-5-7-14(13)22-15/h4-9,12H,10H2,1-3H3,(H,18,19)/t12-/m1/s1. The lowest BCUT2D eigenvalue weighted by atomic mass is 10.2. The molecule has 1 aromatic heterocycles. The molecule has 2 aromatic rings. The number of allylic oxidation sites excluding steroid dienone is 1. The first kappa shape index (κ1) is 15.8. The van der Waals surface area contributed by atoms with Gasteiger partial charge in [-0.05, 0) is 32.9 Å². The lowest BCUT2D eigenvalue weighted by Crippen LogP contribution is -2.30. The minimum absolute atomic E-state index is 0.304. The van der Waals surface area contributed by atoms with Gasteiger partial charge in [-0.1, -0.05) is 23.8 Å². The second-order valence-electron chi connectivity index (χ2n) is 5.31. The van der Waals surface area contributed by atoms with Gasteiger partial charge in [-0.25, -0.2) is 4.79 Å². The molecule has 0 saturated heterocycles. The van der Waals surface area contributed by atoms with Gasteiger partial charge in [0.05, 0.1) is 6.04 Å². The molecular formula is C17H19NO4. The molecule has 0 unspecified atom stereocenters. The summed E-state index contributed by atoms with van der Waals surface area (Å²) in [5.41, 5.74) is 1.59. The third-order valence-corrected chi connectivity index (χ3v) is 3.00. The number of furan rings is 1. The number of benzene rings is 1. The highest BCUT2D eigenvalue weighted by atomic mass is 16.5. The number of carbonyl (C=O) groups excluding carboxylic acids is 2. The van der Waals surface area contributed by atoms with Crippen molar-refractivity contribution in [2.45, 2.75) is 26.8 Å². The Kier molecular flexibility index (Phi) is 4.99.